The zero-order chi connectivity index (χ0) is 15.4. The first-order chi connectivity index (χ1) is 11.0. The maximum atomic E-state index is 2.55. The summed E-state index contributed by atoms with van der Waals surface area (Å²) in [7, 11) is 0. The molecule has 4 unspecified atom stereocenters. The van der Waals surface area contributed by atoms with Gasteiger partial charge in [0.05, 0.1) is 0 Å². The fourth-order valence-electron chi connectivity index (χ4n) is 23.6. The molecule has 1 heteroatoms. The zero-order valence-corrected chi connectivity index (χ0v) is 16.6. The molecule has 10 heterocycles. The van der Waals surface area contributed by atoms with Crippen molar-refractivity contribution < 1.29 is 6.51 Å². The molecule has 0 saturated carbocycles. The van der Waals surface area contributed by atoms with Gasteiger partial charge in [0.2, 0.25) is 0 Å². The van der Waals surface area contributed by atoms with Crippen LogP contribution in [-0.4, -0.2) is 0 Å². The summed E-state index contributed by atoms with van der Waals surface area (Å²) in [5, 5.41) is 0. The van der Waals surface area contributed by atoms with Crippen molar-refractivity contribution in [2.45, 2.75) is 125 Å². The zero-order valence-electron chi connectivity index (χ0n) is 15.5. The van der Waals surface area contributed by atoms with Crippen molar-refractivity contribution in [3.8, 4) is 0 Å². The van der Waals surface area contributed by atoms with E-state index in [1.54, 1.807) is 25.7 Å². The normalized spacial score (nSPS) is 101. The molecule has 0 radical (unpaired) electrons. The van der Waals surface area contributed by atoms with E-state index in [0.717, 1.165) is 17.3 Å². The van der Waals surface area contributed by atoms with Gasteiger partial charge in [0.25, 0.3) is 0 Å². The fourth-order valence-corrected chi connectivity index (χ4v) is 108. The Morgan fingerprint density at radius 3 is 1.17 bits per heavy atom. The second-order valence-electron chi connectivity index (χ2n) is 13.5. The van der Waals surface area contributed by atoms with Gasteiger partial charge in [-0.05, 0) is 0 Å². The summed E-state index contributed by atoms with van der Waals surface area (Å²) in [6, 6.07) is 0. The molecule has 0 N–H and O–H groups in total. The van der Waals surface area contributed by atoms with Crippen LogP contribution in [0.3, 0.4) is 0 Å². The number of fused-ring (bicyclic) bond motifs is 10. The first-order valence-corrected chi connectivity index (χ1v) is 17.2. The average Bonchev–Trinajstić information content (AvgIpc) is 3.48. The van der Waals surface area contributed by atoms with E-state index in [-0.39, 0.29) is 0 Å². The van der Waals surface area contributed by atoms with Crippen molar-refractivity contribution in [2.24, 2.45) is 0 Å². The predicted molar refractivity (Wildman–Crippen MR) is 92.9 cm³/mol. The van der Waals surface area contributed by atoms with E-state index in [2.05, 4.69) is 27.7 Å². The molecular weight excluding hydrogens is 320 g/mol. The van der Waals surface area contributed by atoms with Crippen molar-refractivity contribution in [1.29, 1.82) is 0 Å². The molecule has 0 aromatic carbocycles. The molecular formula is C22H34Fe. The van der Waals surface area contributed by atoms with E-state index in [1.807, 2.05) is 0 Å². The molecule has 10 rings (SSSR count). The third-order valence-corrected chi connectivity index (χ3v) is 65.2. The molecule has 0 aliphatic carbocycles. The molecule has 10 aliphatic heterocycles. The van der Waals surface area contributed by atoms with Crippen LogP contribution >= 0.6 is 0 Å². The maximum absolute atomic E-state index is 3.31. The first-order valence-electron chi connectivity index (χ1n) is 11.2. The monoisotopic (exact) mass is 354 g/mol. The fraction of sp³-hybridized carbons (Fsp3) is 1.00. The molecule has 23 heavy (non-hydrogen) atoms. The molecule has 4 atom stereocenters. The van der Waals surface area contributed by atoms with Gasteiger partial charge in [-0.25, -0.2) is 0 Å². The van der Waals surface area contributed by atoms with Crippen LogP contribution in [0, 0.1) is 0 Å². The van der Waals surface area contributed by atoms with Crippen LogP contribution in [0.4, 0.5) is 0 Å². The van der Waals surface area contributed by atoms with Crippen molar-refractivity contribution in [2.75, 3.05) is 0 Å². The summed E-state index contributed by atoms with van der Waals surface area (Å²) in [5.41, 5.74) is 0. The molecule has 0 amide bonds. The Morgan fingerprint density at radius 2 is 0.913 bits per heavy atom. The minimum atomic E-state index is -3.31. The summed E-state index contributed by atoms with van der Waals surface area (Å²) in [5.74, 6) is 0. The quantitative estimate of drug-likeness (QED) is 0.387. The predicted octanol–water partition coefficient (Wildman–Crippen LogP) is 8.06. The number of hydrogen-bond donors (Lipinski definition) is 0. The van der Waals surface area contributed by atoms with Gasteiger partial charge >= 0.3 is 132 Å². The molecule has 10 fully saturated rings. The van der Waals surface area contributed by atoms with Gasteiger partial charge in [0, 0.05) is 0 Å². The standard InChI is InChI=1S/C17H29.C5H5.Fe/c1-5-9-14-13-15(10-6-2)17(12-8-4)16(14)11-7-3;1-2-4-5-3-1;/h13H,5-12H2,1-4H3;1-5H;. The Hall–Kier alpha value is 0.519. The third-order valence-electron chi connectivity index (χ3n) is 18.9. The second kappa shape index (κ2) is 1.14. The van der Waals surface area contributed by atoms with E-state index < -0.39 is 6.51 Å². The topological polar surface area (TPSA) is 0 Å². The summed E-state index contributed by atoms with van der Waals surface area (Å²) in [4.78, 5) is 8.90. The Labute approximate surface area is 131 Å². The molecule has 10 saturated heterocycles. The van der Waals surface area contributed by atoms with E-state index in [0.29, 0.717) is 0 Å². The molecule has 0 aromatic rings. The van der Waals surface area contributed by atoms with Crippen molar-refractivity contribution >= 4 is 0 Å². The summed E-state index contributed by atoms with van der Waals surface area (Å²) < 4.78 is 4.44. The van der Waals surface area contributed by atoms with E-state index in [9.17, 15) is 0 Å². The van der Waals surface area contributed by atoms with Crippen molar-refractivity contribution in [1.82, 2.24) is 0 Å². The van der Waals surface area contributed by atoms with Gasteiger partial charge in [0.1, 0.15) is 0 Å². The third kappa shape index (κ3) is 0.129. The molecule has 0 bridgehead atoms. The van der Waals surface area contributed by atoms with Crippen LogP contribution in [0.5, 0.6) is 0 Å². The van der Waals surface area contributed by atoms with Crippen LogP contribution < -0.4 is 0 Å². The minimum absolute atomic E-state index is 1.10. The molecule has 0 nitrogen and oxygen atoms in total. The molecule has 10 aliphatic rings. The Balaban J connectivity index is 1.49. The van der Waals surface area contributed by atoms with Crippen LogP contribution in [-0.2, 0) is 6.51 Å². The number of hydrogen-bond acceptors (Lipinski definition) is 0. The van der Waals surface area contributed by atoms with Crippen LogP contribution in [0.15, 0.2) is 0 Å². The van der Waals surface area contributed by atoms with Crippen LogP contribution in [0.1, 0.15) is 79.1 Å². The van der Waals surface area contributed by atoms with Gasteiger partial charge in [-0.3, -0.25) is 0 Å². The van der Waals surface area contributed by atoms with Gasteiger partial charge in [-0.15, -0.1) is 0 Å². The molecule has 130 valence electrons. The summed E-state index contributed by atoms with van der Waals surface area (Å²) >= 11 is 0. The SMILES string of the molecule is CCC[C]12[CH]3[C]4(CCC)[C]5(CCC)[C]1(CCC)[Fe]32451678[CH]2[CH]1[CH]6[CH]7[CH]28. The van der Waals surface area contributed by atoms with Crippen LogP contribution in [0.25, 0.3) is 0 Å². The second-order valence-corrected chi connectivity index (χ2v) is 36.5. The van der Waals surface area contributed by atoms with Gasteiger partial charge < -0.3 is 0 Å². The average molecular weight is 354 g/mol. The Bertz CT molecular complexity index is 1050. The van der Waals surface area contributed by atoms with E-state index in [4.69, 9.17) is 0 Å². The summed E-state index contributed by atoms with van der Waals surface area (Å²) in [6.45, 7) is 6.89. The Morgan fingerprint density at radius 1 is 0.565 bits per heavy atom. The first kappa shape index (κ1) is 11.3. The van der Waals surface area contributed by atoms with Crippen molar-refractivity contribution in [3.05, 3.63) is 0 Å². The van der Waals surface area contributed by atoms with E-state index >= 15 is 0 Å². The number of rotatable bonds is 8. The van der Waals surface area contributed by atoms with Gasteiger partial charge in [-0.2, -0.15) is 0 Å². The summed E-state index contributed by atoms with van der Waals surface area (Å²) in [6.07, 6.45) is 13.1. The van der Waals surface area contributed by atoms with E-state index in [1.165, 1.54) is 54.6 Å². The van der Waals surface area contributed by atoms with Crippen molar-refractivity contribution in [3.63, 3.8) is 0 Å². The van der Waals surface area contributed by atoms with Gasteiger partial charge in [-0.1, -0.05) is 0 Å². The Kier molecular flexibility index (Phi) is 0.560. The van der Waals surface area contributed by atoms with Gasteiger partial charge in [0.15, 0.2) is 0 Å². The van der Waals surface area contributed by atoms with Crippen LogP contribution in [0.2, 0.25) is 46.2 Å². The molecule has 1 spiro atoms. The molecule has 0 aromatic heterocycles.